The molecule has 0 amide bonds. The Hall–Kier alpha value is -2.27. The van der Waals surface area contributed by atoms with Gasteiger partial charge in [0.1, 0.15) is 17.4 Å². The van der Waals surface area contributed by atoms with Gasteiger partial charge in [0.2, 0.25) is 11.8 Å². The van der Waals surface area contributed by atoms with Crippen LogP contribution in [0.1, 0.15) is 36.5 Å². The Morgan fingerprint density at radius 1 is 1.38 bits per heavy atom. The van der Waals surface area contributed by atoms with Crippen LogP contribution in [0.25, 0.3) is 0 Å². The molecule has 2 heterocycles. The summed E-state index contributed by atoms with van der Waals surface area (Å²) in [6.07, 6.45) is 1.86. The van der Waals surface area contributed by atoms with Crippen LogP contribution in [-0.4, -0.2) is 23.7 Å². The molecule has 6 nitrogen and oxygen atoms in total. The summed E-state index contributed by atoms with van der Waals surface area (Å²) in [7, 11) is -1.01. The molecule has 0 aliphatic carbocycles. The minimum Gasteiger partial charge on any atom is -0.477 e. The monoisotopic (exact) mass is 372 g/mol. The predicted molar refractivity (Wildman–Crippen MR) is 98.0 cm³/mol. The maximum Gasteiger partial charge on any atom is 0.493 e. The van der Waals surface area contributed by atoms with Gasteiger partial charge in [-0.2, -0.15) is 10.2 Å². The molecule has 1 aliphatic rings. The van der Waals surface area contributed by atoms with Gasteiger partial charge in [-0.25, -0.2) is 0 Å². The van der Waals surface area contributed by atoms with Crippen molar-refractivity contribution in [2.24, 2.45) is 0 Å². The Balaban J connectivity index is 1.89. The molecule has 0 unspecified atom stereocenters. The van der Waals surface area contributed by atoms with Crippen molar-refractivity contribution >= 4 is 24.2 Å². The Bertz CT molecular complexity index is 869. The van der Waals surface area contributed by atoms with E-state index in [-0.39, 0.29) is 12.5 Å². The number of halogens is 1. The summed E-state index contributed by atoms with van der Waals surface area (Å²) in [5.41, 5.74) is 2.41. The maximum absolute atomic E-state index is 9.78. The molecule has 0 fully saturated rings. The fourth-order valence-electron chi connectivity index (χ4n) is 2.65. The van der Waals surface area contributed by atoms with Crippen molar-refractivity contribution in [2.75, 3.05) is 6.61 Å². The molecule has 1 aromatic carbocycles. The number of hydrogen-bond donors (Lipinski definition) is 1. The van der Waals surface area contributed by atoms with E-state index in [0.717, 1.165) is 18.4 Å². The van der Waals surface area contributed by atoms with Gasteiger partial charge < -0.3 is 19.2 Å². The molecule has 1 aromatic heterocycles. The molecule has 0 saturated heterocycles. The third-order valence-electron chi connectivity index (χ3n) is 4.04. The zero-order chi connectivity index (χ0) is 18.7. The van der Waals surface area contributed by atoms with Crippen LogP contribution in [0, 0.1) is 18.3 Å². The van der Waals surface area contributed by atoms with Crippen molar-refractivity contribution in [1.29, 1.82) is 5.26 Å². The van der Waals surface area contributed by atoms with E-state index >= 15 is 0 Å². The molecular weight excluding hydrogens is 354 g/mol. The van der Waals surface area contributed by atoms with Crippen LogP contribution >= 0.6 is 11.6 Å². The number of aromatic nitrogens is 1. The van der Waals surface area contributed by atoms with E-state index in [1.165, 1.54) is 0 Å². The van der Waals surface area contributed by atoms with E-state index in [9.17, 15) is 10.3 Å². The van der Waals surface area contributed by atoms with Crippen LogP contribution in [-0.2, 0) is 11.3 Å². The van der Waals surface area contributed by atoms with Crippen molar-refractivity contribution in [2.45, 2.75) is 33.3 Å². The number of nitrogens with zero attached hydrogens (tertiary/aromatic N) is 2. The first-order valence-corrected chi connectivity index (χ1v) is 8.75. The van der Waals surface area contributed by atoms with Gasteiger partial charge in [0.15, 0.2) is 0 Å². The number of unbranched alkanes of at least 4 members (excludes halogenated alkanes) is 1. The van der Waals surface area contributed by atoms with Crippen LogP contribution < -0.4 is 14.9 Å². The second-order valence-electron chi connectivity index (χ2n) is 6.02. The van der Waals surface area contributed by atoms with Crippen LogP contribution in [0.15, 0.2) is 18.2 Å². The quantitative estimate of drug-likeness (QED) is 0.619. The minimum absolute atomic E-state index is 0.257. The van der Waals surface area contributed by atoms with Crippen LogP contribution in [0.3, 0.4) is 0 Å². The van der Waals surface area contributed by atoms with E-state index < -0.39 is 7.12 Å². The molecule has 2 aromatic rings. The van der Waals surface area contributed by atoms with E-state index in [4.69, 9.17) is 25.7 Å². The van der Waals surface area contributed by atoms with Gasteiger partial charge in [0.25, 0.3) is 0 Å². The van der Waals surface area contributed by atoms with Crippen LogP contribution in [0.4, 0.5) is 0 Å². The van der Waals surface area contributed by atoms with Gasteiger partial charge in [0, 0.05) is 16.0 Å². The second kappa shape index (κ2) is 7.96. The summed E-state index contributed by atoms with van der Waals surface area (Å²) < 4.78 is 16.7. The van der Waals surface area contributed by atoms with Crippen molar-refractivity contribution in [3.8, 4) is 23.6 Å². The predicted octanol–water partition coefficient (Wildman–Crippen LogP) is 3.10. The van der Waals surface area contributed by atoms with Gasteiger partial charge in [-0.3, -0.25) is 0 Å². The first-order chi connectivity index (χ1) is 12.5. The highest BCUT2D eigenvalue weighted by Crippen LogP contribution is 2.31. The highest BCUT2D eigenvalue weighted by Gasteiger charge is 2.30. The summed E-state index contributed by atoms with van der Waals surface area (Å²) in [5, 5.41) is 19.4. The number of pyridine rings is 1. The van der Waals surface area contributed by atoms with Crippen molar-refractivity contribution < 1.29 is 19.2 Å². The average Bonchev–Trinajstić information content (AvgIpc) is 2.99. The Labute approximate surface area is 157 Å². The normalized spacial score (nSPS) is 12.7. The summed E-state index contributed by atoms with van der Waals surface area (Å²) in [6.45, 7) is 4.61. The average molecular weight is 373 g/mol. The van der Waals surface area contributed by atoms with Crippen LogP contribution in [0.5, 0.6) is 17.5 Å². The zero-order valence-electron chi connectivity index (χ0n) is 14.6. The largest absolute Gasteiger partial charge is 0.493 e. The standard InChI is InChI=1S/C18H18BClN2O4/c1-3-4-5-24-18-12(9-21)6-11(2)17(22-18)26-14-7-13-10-25-19(23)16(13)15(20)8-14/h6-8,23H,3-5,10H2,1-2H3. The molecule has 134 valence electrons. The number of fused-ring (bicyclic) bond motifs is 1. The number of hydrogen-bond acceptors (Lipinski definition) is 6. The lowest BCUT2D eigenvalue weighted by molar-refractivity contribution is 0.275. The summed E-state index contributed by atoms with van der Waals surface area (Å²) >= 11 is 6.23. The summed E-state index contributed by atoms with van der Waals surface area (Å²) in [4.78, 5) is 4.36. The zero-order valence-corrected chi connectivity index (χ0v) is 15.3. The van der Waals surface area contributed by atoms with E-state index in [0.29, 0.717) is 39.8 Å². The molecule has 0 saturated carbocycles. The minimum atomic E-state index is -1.01. The molecule has 1 N–H and O–H groups in total. The second-order valence-corrected chi connectivity index (χ2v) is 6.43. The molecule has 1 aliphatic heterocycles. The third kappa shape index (κ3) is 3.78. The summed E-state index contributed by atoms with van der Waals surface area (Å²) in [6, 6.07) is 7.14. The number of nitriles is 1. The topological polar surface area (TPSA) is 84.6 Å². The molecule has 26 heavy (non-hydrogen) atoms. The van der Waals surface area contributed by atoms with Gasteiger partial charge >= 0.3 is 7.12 Å². The van der Waals surface area contributed by atoms with Gasteiger partial charge in [-0.1, -0.05) is 24.9 Å². The molecule has 3 rings (SSSR count). The lowest BCUT2D eigenvalue weighted by atomic mass is 9.79. The lowest BCUT2D eigenvalue weighted by Crippen LogP contribution is -2.29. The van der Waals surface area contributed by atoms with E-state index in [1.807, 2.05) is 0 Å². The highest BCUT2D eigenvalue weighted by molar-refractivity contribution is 6.65. The summed E-state index contributed by atoms with van der Waals surface area (Å²) in [5.74, 6) is 1.07. The van der Waals surface area contributed by atoms with E-state index in [2.05, 4.69) is 18.0 Å². The first-order valence-electron chi connectivity index (χ1n) is 8.37. The number of rotatable bonds is 6. The van der Waals surface area contributed by atoms with Crippen LogP contribution in [0.2, 0.25) is 5.02 Å². The number of benzene rings is 1. The maximum atomic E-state index is 9.78. The van der Waals surface area contributed by atoms with Gasteiger partial charge in [-0.15, -0.1) is 0 Å². The molecular formula is C18H18BClN2O4. The van der Waals surface area contributed by atoms with Crippen molar-refractivity contribution in [1.82, 2.24) is 4.98 Å². The highest BCUT2D eigenvalue weighted by atomic mass is 35.5. The van der Waals surface area contributed by atoms with E-state index in [1.54, 1.807) is 25.1 Å². The smallest absolute Gasteiger partial charge is 0.477 e. The number of aryl methyl sites for hydroxylation is 1. The molecule has 0 radical (unpaired) electrons. The Kier molecular flexibility index (Phi) is 5.67. The van der Waals surface area contributed by atoms with Gasteiger partial charge in [0.05, 0.1) is 13.2 Å². The van der Waals surface area contributed by atoms with Crippen molar-refractivity contribution in [3.63, 3.8) is 0 Å². The molecule has 0 atom stereocenters. The number of ether oxygens (including phenoxy) is 2. The third-order valence-corrected chi connectivity index (χ3v) is 4.35. The fourth-order valence-corrected chi connectivity index (χ4v) is 2.98. The Morgan fingerprint density at radius 3 is 2.92 bits per heavy atom. The Morgan fingerprint density at radius 2 is 2.19 bits per heavy atom. The molecule has 8 heteroatoms. The molecule has 0 bridgehead atoms. The fraction of sp³-hybridized carbons (Fsp3) is 0.333. The van der Waals surface area contributed by atoms with Crippen molar-refractivity contribution in [3.05, 3.63) is 39.9 Å². The molecule has 0 spiro atoms. The van der Waals surface area contributed by atoms with Gasteiger partial charge in [-0.05, 0) is 37.1 Å². The SMILES string of the molecule is CCCCOc1nc(Oc2cc(Cl)c3c(c2)COB3O)c(C)cc1C#N. The lowest BCUT2D eigenvalue weighted by Gasteiger charge is -2.13. The first kappa shape index (κ1) is 18.5.